The summed E-state index contributed by atoms with van der Waals surface area (Å²) in [6, 6.07) is 15.2. The van der Waals surface area contributed by atoms with Crippen molar-refractivity contribution < 1.29 is 8.78 Å². The van der Waals surface area contributed by atoms with Crippen molar-refractivity contribution in [2.24, 2.45) is 0 Å². The molecular weight excluding hydrogens is 337 g/mol. The average molecular weight is 356 g/mol. The highest BCUT2D eigenvalue weighted by Gasteiger charge is 2.24. The first-order valence-electron chi connectivity index (χ1n) is 7.85. The highest BCUT2D eigenvalue weighted by Crippen LogP contribution is 2.39. The van der Waals surface area contributed by atoms with Gasteiger partial charge in [-0.2, -0.15) is 0 Å². The molecule has 0 bridgehead atoms. The van der Waals surface area contributed by atoms with E-state index in [1.807, 2.05) is 30.3 Å². The van der Waals surface area contributed by atoms with Crippen molar-refractivity contribution in [1.29, 1.82) is 0 Å². The number of nitrogens with two attached hydrogens (primary N) is 2. The van der Waals surface area contributed by atoms with Crippen LogP contribution in [0.1, 0.15) is 11.1 Å². The first kappa shape index (κ1) is 17.4. The third kappa shape index (κ3) is 3.35. The van der Waals surface area contributed by atoms with Crippen LogP contribution in [0.5, 0.6) is 0 Å². The van der Waals surface area contributed by atoms with E-state index in [2.05, 4.69) is 0 Å². The van der Waals surface area contributed by atoms with Crippen LogP contribution in [-0.4, -0.2) is 0 Å². The second-order valence-electron chi connectivity index (χ2n) is 5.98. The Bertz CT molecular complexity index is 869. The van der Waals surface area contributed by atoms with E-state index in [4.69, 9.17) is 11.5 Å². The van der Waals surface area contributed by atoms with E-state index in [0.717, 1.165) is 5.30 Å². The Morgan fingerprint density at radius 1 is 0.720 bits per heavy atom. The second kappa shape index (κ2) is 6.81. The molecule has 4 N–H and O–H groups in total. The number of anilines is 2. The van der Waals surface area contributed by atoms with Crippen LogP contribution in [0.4, 0.5) is 20.2 Å². The molecule has 0 aliphatic carbocycles. The van der Waals surface area contributed by atoms with Gasteiger partial charge >= 0.3 is 0 Å². The standard InChI is InChI=1S/C20H19F2N2P/c1-12-8-14(21)10-17(19(12)23)25(16-6-4-3-5-7-16)18-11-15(22)9-13(2)20(18)24/h3-11H,23-24H2,1-2H3. The summed E-state index contributed by atoms with van der Waals surface area (Å²) < 4.78 is 28.2. The van der Waals surface area contributed by atoms with Gasteiger partial charge in [0, 0.05) is 22.0 Å². The molecule has 0 saturated carbocycles. The van der Waals surface area contributed by atoms with Crippen molar-refractivity contribution in [1.82, 2.24) is 0 Å². The Balaban J connectivity index is 2.34. The number of nitrogen functional groups attached to an aromatic ring is 2. The maximum atomic E-state index is 14.1. The second-order valence-corrected chi connectivity index (χ2v) is 8.13. The number of rotatable bonds is 3. The lowest BCUT2D eigenvalue weighted by molar-refractivity contribution is 0.628. The Kier molecular flexibility index (Phi) is 4.73. The lowest BCUT2D eigenvalue weighted by Crippen LogP contribution is -2.26. The van der Waals surface area contributed by atoms with E-state index in [-0.39, 0.29) is 11.6 Å². The fourth-order valence-corrected chi connectivity index (χ4v) is 5.45. The molecule has 5 heteroatoms. The fourth-order valence-electron chi connectivity index (χ4n) is 2.83. The molecule has 0 fully saturated rings. The summed E-state index contributed by atoms with van der Waals surface area (Å²) in [5.74, 6) is -0.728. The molecule has 0 aromatic heterocycles. The summed E-state index contributed by atoms with van der Waals surface area (Å²) in [5.41, 5.74) is 14.9. The molecule has 3 aromatic carbocycles. The monoisotopic (exact) mass is 356 g/mol. The predicted molar refractivity (Wildman–Crippen MR) is 103 cm³/mol. The van der Waals surface area contributed by atoms with Crippen molar-refractivity contribution in [3.05, 3.63) is 77.4 Å². The molecule has 3 aromatic rings. The lowest BCUT2D eigenvalue weighted by Gasteiger charge is -2.24. The molecular formula is C20H19F2N2P. The minimum Gasteiger partial charge on any atom is -0.398 e. The highest BCUT2D eigenvalue weighted by molar-refractivity contribution is 7.80. The molecule has 0 amide bonds. The maximum Gasteiger partial charge on any atom is 0.124 e. The zero-order chi connectivity index (χ0) is 18.1. The van der Waals surface area contributed by atoms with Crippen molar-refractivity contribution in [2.75, 3.05) is 11.5 Å². The van der Waals surface area contributed by atoms with E-state index in [9.17, 15) is 8.78 Å². The molecule has 0 spiro atoms. The first-order valence-corrected chi connectivity index (χ1v) is 9.19. The van der Waals surface area contributed by atoms with Crippen LogP contribution in [0, 0.1) is 25.5 Å². The molecule has 0 saturated heterocycles. The Hall–Kier alpha value is -2.45. The van der Waals surface area contributed by atoms with Gasteiger partial charge in [-0.3, -0.25) is 0 Å². The van der Waals surface area contributed by atoms with Crippen molar-refractivity contribution in [3.63, 3.8) is 0 Å². The first-order chi connectivity index (χ1) is 11.9. The topological polar surface area (TPSA) is 52.0 Å². The summed E-state index contributed by atoms with van der Waals surface area (Å²) >= 11 is 0. The van der Waals surface area contributed by atoms with Gasteiger partial charge in [-0.25, -0.2) is 8.78 Å². The van der Waals surface area contributed by atoms with Gasteiger partial charge in [0.2, 0.25) is 0 Å². The summed E-state index contributed by atoms with van der Waals surface area (Å²) in [7, 11) is -1.28. The van der Waals surface area contributed by atoms with Crippen molar-refractivity contribution in [3.8, 4) is 0 Å². The largest absolute Gasteiger partial charge is 0.398 e. The molecule has 3 rings (SSSR count). The number of halogens is 2. The van der Waals surface area contributed by atoms with Crippen LogP contribution in [-0.2, 0) is 0 Å². The SMILES string of the molecule is Cc1cc(F)cc(P(c2ccccc2)c2cc(F)cc(C)c2N)c1N. The molecule has 0 unspecified atom stereocenters. The van der Waals surface area contributed by atoms with Gasteiger partial charge in [-0.15, -0.1) is 0 Å². The zero-order valence-electron chi connectivity index (χ0n) is 14.1. The molecule has 0 heterocycles. The Morgan fingerprint density at radius 2 is 1.16 bits per heavy atom. The molecule has 0 aliphatic heterocycles. The van der Waals surface area contributed by atoms with Crippen LogP contribution in [0.2, 0.25) is 0 Å². The fraction of sp³-hybridized carbons (Fsp3) is 0.100. The minimum atomic E-state index is -1.28. The van der Waals surface area contributed by atoms with Gasteiger partial charge in [0.25, 0.3) is 0 Å². The number of benzene rings is 3. The number of hydrogen-bond acceptors (Lipinski definition) is 2. The van der Waals surface area contributed by atoms with Crippen LogP contribution in [0.25, 0.3) is 0 Å². The Morgan fingerprint density at radius 3 is 1.60 bits per heavy atom. The summed E-state index contributed by atoms with van der Waals surface area (Å²) in [6.07, 6.45) is 0. The lowest BCUT2D eigenvalue weighted by atomic mass is 10.2. The van der Waals surface area contributed by atoms with E-state index in [1.54, 1.807) is 13.8 Å². The van der Waals surface area contributed by atoms with Gasteiger partial charge in [0.15, 0.2) is 0 Å². The van der Waals surface area contributed by atoms with E-state index in [1.165, 1.54) is 24.3 Å². The molecule has 0 radical (unpaired) electrons. The van der Waals surface area contributed by atoms with Crippen LogP contribution < -0.4 is 27.4 Å². The normalized spacial score (nSPS) is 11.1. The smallest absolute Gasteiger partial charge is 0.124 e. The quantitative estimate of drug-likeness (QED) is 0.557. The van der Waals surface area contributed by atoms with Crippen molar-refractivity contribution >= 4 is 35.2 Å². The van der Waals surface area contributed by atoms with Gasteiger partial charge in [-0.1, -0.05) is 30.3 Å². The molecule has 25 heavy (non-hydrogen) atoms. The molecule has 128 valence electrons. The molecule has 0 aliphatic rings. The summed E-state index contributed by atoms with van der Waals surface area (Å²) in [4.78, 5) is 0. The predicted octanol–water partition coefficient (Wildman–Crippen LogP) is 3.50. The van der Waals surface area contributed by atoms with Gasteiger partial charge in [0.05, 0.1) is 0 Å². The van der Waals surface area contributed by atoms with Gasteiger partial charge in [0.1, 0.15) is 11.6 Å². The summed E-state index contributed by atoms with van der Waals surface area (Å²) in [6.45, 7) is 3.53. The Labute approximate surface area is 147 Å². The van der Waals surface area contributed by atoms with Gasteiger partial charge in [-0.05, 0) is 62.5 Å². The van der Waals surface area contributed by atoms with E-state index in [0.29, 0.717) is 33.1 Å². The zero-order valence-corrected chi connectivity index (χ0v) is 14.9. The van der Waals surface area contributed by atoms with Crippen LogP contribution >= 0.6 is 7.92 Å². The maximum absolute atomic E-state index is 14.1. The third-order valence-corrected chi connectivity index (χ3v) is 6.67. The summed E-state index contributed by atoms with van der Waals surface area (Å²) in [5, 5.41) is 2.23. The van der Waals surface area contributed by atoms with Crippen molar-refractivity contribution in [2.45, 2.75) is 13.8 Å². The van der Waals surface area contributed by atoms with E-state index < -0.39 is 7.92 Å². The molecule has 0 atom stereocenters. The van der Waals surface area contributed by atoms with Gasteiger partial charge < -0.3 is 11.5 Å². The molecule has 2 nitrogen and oxygen atoms in total. The minimum absolute atomic E-state index is 0.364. The van der Waals surface area contributed by atoms with E-state index >= 15 is 0 Å². The number of hydrogen-bond donors (Lipinski definition) is 2. The highest BCUT2D eigenvalue weighted by atomic mass is 31.1. The number of aryl methyl sites for hydroxylation is 2. The third-order valence-electron chi connectivity index (χ3n) is 4.16. The van der Waals surface area contributed by atoms with Crippen LogP contribution in [0.15, 0.2) is 54.6 Å². The van der Waals surface area contributed by atoms with Crippen LogP contribution in [0.3, 0.4) is 0 Å². The average Bonchev–Trinajstić information content (AvgIpc) is 2.57.